The molecule has 1 amide bonds. The smallest absolute Gasteiger partial charge is 0.223 e. The second-order valence-corrected chi connectivity index (χ2v) is 6.56. The average Bonchev–Trinajstić information content (AvgIpc) is 3.18. The molecule has 0 radical (unpaired) electrons. The summed E-state index contributed by atoms with van der Waals surface area (Å²) < 4.78 is 5.59. The zero-order valence-corrected chi connectivity index (χ0v) is 14.4. The van der Waals surface area contributed by atoms with Crippen LogP contribution in [-0.2, 0) is 4.79 Å². The molecule has 1 aliphatic heterocycles. The normalized spacial score (nSPS) is 17.8. The third-order valence-corrected chi connectivity index (χ3v) is 4.76. The highest BCUT2D eigenvalue weighted by atomic mass is 16.3. The minimum Gasteiger partial charge on any atom is -0.468 e. The molecular weight excluding hydrogens is 316 g/mol. The molecule has 1 aliphatic rings. The highest BCUT2D eigenvalue weighted by Crippen LogP contribution is 2.24. The lowest BCUT2D eigenvalue weighted by Crippen LogP contribution is -2.40. The fourth-order valence-corrected chi connectivity index (χ4v) is 3.37. The first-order chi connectivity index (χ1) is 12.2. The van der Waals surface area contributed by atoms with Crippen molar-refractivity contribution < 1.29 is 14.3 Å². The van der Waals surface area contributed by atoms with Gasteiger partial charge in [-0.15, -0.1) is 0 Å². The van der Waals surface area contributed by atoms with Gasteiger partial charge < -0.3 is 14.8 Å². The van der Waals surface area contributed by atoms with E-state index in [2.05, 4.69) is 10.2 Å². The molecule has 0 saturated carbocycles. The van der Waals surface area contributed by atoms with Crippen LogP contribution in [0.3, 0.4) is 0 Å². The molecule has 1 aromatic carbocycles. The Morgan fingerprint density at radius 2 is 1.88 bits per heavy atom. The number of carbonyl (C=O) groups excluding carboxylic acids is 1. The van der Waals surface area contributed by atoms with Crippen molar-refractivity contribution in [3.05, 3.63) is 60.1 Å². The summed E-state index contributed by atoms with van der Waals surface area (Å²) >= 11 is 0. The van der Waals surface area contributed by atoms with Gasteiger partial charge in [0.15, 0.2) is 0 Å². The van der Waals surface area contributed by atoms with Crippen molar-refractivity contribution in [2.24, 2.45) is 0 Å². The lowest BCUT2D eigenvalue weighted by molar-refractivity contribution is -0.123. The van der Waals surface area contributed by atoms with E-state index >= 15 is 0 Å². The van der Waals surface area contributed by atoms with Crippen molar-refractivity contribution in [2.45, 2.75) is 37.8 Å². The van der Waals surface area contributed by atoms with Crippen molar-refractivity contribution in [1.29, 1.82) is 0 Å². The van der Waals surface area contributed by atoms with E-state index in [-0.39, 0.29) is 18.4 Å². The highest BCUT2D eigenvalue weighted by Gasteiger charge is 2.25. The first-order valence-electron chi connectivity index (χ1n) is 9.01. The van der Waals surface area contributed by atoms with Gasteiger partial charge in [0.2, 0.25) is 5.91 Å². The standard InChI is InChI=1S/C20H26N2O3/c23-18(16-8-3-1-4-9-16)14-20(24)21-15-17(19-10-7-13-25-19)22-11-5-2-6-12-22/h1,3-4,7-10,13,17-18,23H,2,5-6,11-12,14-15H2,(H,21,24). The number of piperidine rings is 1. The van der Waals surface area contributed by atoms with Crippen LogP contribution < -0.4 is 5.32 Å². The number of benzene rings is 1. The minimum atomic E-state index is -0.779. The maximum Gasteiger partial charge on any atom is 0.223 e. The number of furan rings is 1. The number of hydrogen-bond acceptors (Lipinski definition) is 4. The molecule has 3 rings (SSSR count). The number of likely N-dealkylation sites (tertiary alicyclic amines) is 1. The third kappa shape index (κ3) is 4.94. The van der Waals surface area contributed by atoms with E-state index in [9.17, 15) is 9.90 Å². The lowest BCUT2D eigenvalue weighted by atomic mass is 10.1. The van der Waals surface area contributed by atoms with Crippen LogP contribution in [0, 0.1) is 0 Å². The zero-order valence-electron chi connectivity index (χ0n) is 14.4. The van der Waals surface area contributed by atoms with Gasteiger partial charge in [0, 0.05) is 6.54 Å². The second-order valence-electron chi connectivity index (χ2n) is 6.56. The number of rotatable bonds is 7. The maximum absolute atomic E-state index is 12.3. The summed E-state index contributed by atoms with van der Waals surface area (Å²) in [4.78, 5) is 14.6. The summed E-state index contributed by atoms with van der Waals surface area (Å²) in [6.45, 7) is 2.54. The molecule has 2 aromatic rings. The zero-order chi connectivity index (χ0) is 17.5. The van der Waals surface area contributed by atoms with Gasteiger partial charge in [-0.2, -0.15) is 0 Å². The van der Waals surface area contributed by atoms with E-state index < -0.39 is 6.10 Å². The van der Waals surface area contributed by atoms with Gasteiger partial charge in [-0.25, -0.2) is 0 Å². The Bertz CT molecular complexity index is 636. The summed E-state index contributed by atoms with van der Waals surface area (Å²) in [5.74, 6) is 0.732. The van der Waals surface area contributed by atoms with Gasteiger partial charge in [-0.05, 0) is 43.6 Å². The molecule has 2 atom stereocenters. The summed E-state index contributed by atoms with van der Waals surface area (Å²) in [7, 11) is 0. The van der Waals surface area contributed by atoms with Gasteiger partial charge >= 0.3 is 0 Å². The van der Waals surface area contributed by atoms with Gasteiger partial charge in [-0.3, -0.25) is 9.69 Å². The Morgan fingerprint density at radius 1 is 1.12 bits per heavy atom. The number of amides is 1. The monoisotopic (exact) mass is 342 g/mol. The van der Waals surface area contributed by atoms with Crippen molar-refractivity contribution in [3.8, 4) is 0 Å². The minimum absolute atomic E-state index is 0.0492. The molecule has 25 heavy (non-hydrogen) atoms. The Kier molecular flexibility index (Phi) is 6.25. The van der Waals surface area contributed by atoms with Gasteiger partial charge in [0.05, 0.1) is 24.8 Å². The van der Waals surface area contributed by atoms with Crippen LogP contribution in [-0.4, -0.2) is 35.5 Å². The maximum atomic E-state index is 12.3. The molecule has 0 spiro atoms. The summed E-state index contributed by atoms with van der Waals surface area (Å²) in [5, 5.41) is 13.2. The molecule has 5 heteroatoms. The van der Waals surface area contributed by atoms with Crippen LogP contribution in [0.1, 0.15) is 49.2 Å². The first-order valence-corrected chi connectivity index (χ1v) is 9.01. The molecule has 2 unspecified atom stereocenters. The van der Waals surface area contributed by atoms with Crippen molar-refractivity contribution >= 4 is 5.91 Å². The van der Waals surface area contributed by atoms with Gasteiger partial charge in [0.1, 0.15) is 5.76 Å². The lowest BCUT2D eigenvalue weighted by Gasteiger charge is -2.33. The average molecular weight is 342 g/mol. The van der Waals surface area contributed by atoms with E-state index in [1.54, 1.807) is 6.26 Å². The molecular formula is C20H26N2O3. The molecule has 2 N–H and O–H groups in total. The number of nitrogens with zero attached hydrogens (tertiary/aromatic N) is 1. The topological polar surface area (TPSA) is 65.7 Å². The quantitative estimate of drug-likeness (QED) is 0.812. The summed E-state index contributed by atoms with van der Waals surface area (Å²) in [6, 6.07) is 13.2. The van der Waals surface area contributed by atoms with E-state index in [4.69, 9.17) is 4.42 Å². The van der Waals surface area contributed by atoms with Crippen LogP contribution in [0.5, 0.6) is 0 Å². The predicted molar refractivity (Wildman–Crippen MR) is 95.9 cm³/mol. The molecule has 1 aromatic heterocycles. The van der Waals surface area contributed by atoms with Gasteiger partial charge in [-0.1, -0.05) is 36.8 Å². The Labute approximate surface area is 148 Å². The van der Waals surface area contributed by atoms with Crippen molar-refractivity contribution in [2.75, 3.05) is 19.6 Å². The van der Waals surface area contributed by atoms with Crippen molar-refractivity contribution in [3.63, 3.8) is 0 Å². The second kappa shape index (κ2) is 8.83. The Hall–Kier alpha value is -2.11. The molecule has 0 aliphatic carbocycles. The number of nitrogens with one attached hydrogen (secondary N) is 1. The third-order valence-electron chi connectivity index (χ3n) is 4.76. The molecule has 1 fully saturated rings. The fourth-order valence-electron chi connectivity index (χ4n) is 3.37. The van der Waals surface area contributed by atoms with Crippen LogP contribution in [0.2, 0.25) is 0 Å². The number of carbonyl (C=O) groups is 1. The van der Waals surface area contributed by atoms with E-state index in [0.29, 0.717) is 6.54 Å². The van der Waals surface area contributed by atoms with Crippen molar-refractivity contribution in [1.82, 2.24) is 10.2 Å². The fraction of sp³-hybridized carbons (Fsp3) is 0.450. The first kappa shape index (κ1) is 17.7. The Balaban J connectivity index is 1.56. The Morgan fingerprint density at radius 3 is 2.56 bits per heavy atom. The molecule has 1 saturated heterocycles. The number of aliphatic hydroxyl groups is 1. The van der Waals surface area contributed by atoms with Crippen LogP contribution >= 0.6 is 0 Å². The van der Waals surface area contributed by atoms with Crippen LogP contribution in [0.4, 0.5) is 0 Å². The van der Waals surface area contributed by atoms with E-state index in [0.717, 1.165) is 24.4 Å². The molecule has 134 valence electrons. The van der Waals surface area contributed by atoms with E-state index in [1.807, 2.05) is 42.5 Å². The number of hydrogen-bond donors (Lipinski definition) is 2. The van der Waals surface area contributed by atoms with Crippen LogP contribution in [0.25, 0.3) is 0 Å². The van der Waals surface area contributed by atoms with Gasteiger partial charge in [0.25, 0.3) is 0 Å². The largest absolute Gasteiger partial charge is 0.468 e. The predicted octanol–water partition coefficient (Wildman–Crippen LogP) is 3.05. The van der Waals surface area contributed by atoms with E-state index in [1.165, 1.54) is 19.3 Å². The summed E-state index contributed by atoms with van der Waals surface area (Å²) in [5.41, 5.74) is 0.760. The number of aliphatic hydroxyl groups excluding tert-OH is 1. The molecule has 0 bridgehead atoms. The molecule has 5 nitrogen and oxygen atoms in total. The molecule has 2 heterocycles. The summed E-state index contributed by atoms with van der Waals surface area (Å²) in [6.07, 6.45) is 4.58. The highest BCUT2D eigenvalue weighted by molar-refractivity contribution is 5.76. The van der Waals surface area contributed by atoms with Crippen LogP contribution in [0.15, 0.2) is 53.1 Å². The SMILES string of the molecule is O=C(CC(O)c1ccccc1)NCC(c1ccco1)N1CCCCC1.